The minimum absolute atomic E-state index is 0.250. The van der Waals surface area contributed by atoms with E-state index in [0.29, 0.717) is 30.3 Å². The molecular weight excluding hydrogens is 398 g/mol. The van der Waals surface area contributed by atoms with Gasteiger partial charge in [-0.2, -0.15) is 0 Å². The van der Waals surface area contributed by atoms with Gasteiger partial charge >= 0.3 is 5.97 Å². The van der Waals surface area contributed by atoms with Crippen LogP contribution in [0.2, 0.25) is 0 Å². The third-order valence-electron chi connectivity index (χ3n) is 4.85. The van der Waals surface area contributed by atoms with Crippen LogP contribution in [0, 0.1) is 20.8 Å². The Morgan fingerprint density at radius 1 is 0.903 bits per heavy atom. The van der Waals surface area contributed by atoms with Gasteiger partial charge < -0.3 is 23.8 Å². The quantitative estimate of drug-likeness (QED) is 0.537. The van der Waals surface area contributed by atoms with Crippen molar-refractivity contribution in [3.05, 3.63) is 52.6 Å². The molecule has 0 fully saturated rings. The summed E-state index contributed by atoms with van der Waals surface area (Å²) in [6.07, 6.45) is 0. The molecule has 2 rings (SSSR count). The first-order valence-corrected chi connectivity index (χ1v) is 10.1. The number of nitrogens with zero attached hydrogens (tertiary/aromatic N) is 1. The van der Waals surface area contributed by atoms with Gasteiger partial charge in [-0.25, -0.2) is 4.79 Å². The van der Waals surface area contributed by atoms with Gasteiger partial charge in [0.25, 0.3) is 5.91 Å². The van der Waals surface area contributed by atoms with Gasteiger partial charge in [0.2, 0.25) is 0 Å². The minimum Gasteiger partial charge on any atom is -0.493 e. The first-order valence-electron chi connectivity index (χ1n) is 10.1. The minimum atomic E-state index is -0.588. The summed E-state index contributed by atoms with van der Waals surface area (Å²) in [7, 11) is 3.13. The molecule has 0 aliphatic rings. The molecular formula is C24H31NO6. The van der Waals surface area contributed by atoms with Crippen LogP contribution in [-0.2, 0) is 20.9 Å². The van der Waals surface area contributed by atoms with Crippen LogP contribution < -0.4 is 14.2 Å². The van der Waals surface area contributed by atoms with Gasteiger partial charge in [-0.15, -0.1) is 0 Å². The number of ether oxygens (including phenoxy) is 4. The lowest BCUT2D eigenvalue weighted by molar-refractivity contribution is -0.153. The molecule has 7 heteroatoms. The number of methoxy groups -OCH3 is 2. The van der Waals surface area contributed by atoms with Crippen molar-refractivity contribution in [2.75, 3.05) is 34.0 Å². The van der Waals surface area contributed by atoms with Crippen LogP contribution >= 0.6 is 0 Å². The Balaban J connectivity index is 1.89. The van der Waals surface area contributed by atoms with E-state index < -0.39 is 5.97 Å². The maximum Gasteiger partial charge on any atom is 0.344 e. The fourth-order valence-electron chi connectivity index (χ4n) is 3.38. The van der Waals surface area contributed by atoms with Gasteiger partial charge in [0.1, 0.15) is 5.75 Å². The Kier molecular flexibility index (Phi) is 8.73. The van der Waals surface area contributed by atoms with E-state index in [9.17, 15) is 9.59 Å². The van der Waals surface area contributed by atoms with Crippen LogP contribution in [0.1, 0.15) is 29.2 Å². The first-order chi connectivity index (χ1) is 14.8. The van der Waals surface area contributed by atoms with Crippen LogP contribution in [0.5, 0.6) is 17.2 Å². The van der Waals surface area contributed by atoms with E-state index in [2.05, 4.69) is 0 Å². The van der Waals surface area contributed by atoms with Crippen LogP contribution in [-0.4, -0.2) is 50.8 Å². The number of hydrogen-bond donors (Lipinski definition) is 0. The number of esters is 1. The van der Waals surface area contributed by atoms with Gasteiger partial charge in [0.05, 0.1) is 14.2 Å². The predicted octanol–water partition coefficient (Wildman–Crippen LogP) is 3.60. The molecule has 0 radical (unpaired) electrons. The second-order valence-electron chi connectivity index (χ2n) is 7.27. The SMILES string of the molecule is CCN(Cc1ccc(OC)c(OC)c1)C(=O)COC(=O)COc1c(C)cc(C)cc1C. The third-order valence-corrected chi connectivity index (χ3v) is 4.85. The highest BCUT2D eigenvalue weighted by molar-refractivity contribution is 5.81. The highest BCUT2D eigenvalue weighted by Gasteiger charge is 2.17. The smallest absolute Gasteiger partial charge is 0.344 e. The average molecular weight is 430 g/mol. The molecule has 2 aromatic rings. The summed E-state index contributed by atoms with van der Waals surface area (Å²) in [5, 5.41) is 0. The van der Waals surface area contributed by atoms with Gasteiger partial charge in [-0.1, -0.05) is 23.8 Å². The molecule has 0 unspecified atom stereocenters. The Bertz CT molecular complexity index is 901. The Morgan fingerprint density at radius 3 is 2.13 bits per heavy atom. The number of rotatable bonds is 10. The van der Waals surface area contributed by atoms with Crippen LogP contribution in [0.25, 0.3) is 0 Å². The Labute approximate surface area is 183 Å². The van der Waals surface area contributed by atoms with E-state index >= 15 is 0 Å². The van der Waals surface area contributed by atoms with Crippen molar-refractivity contribution in [1.29, 1.82) is 0 Å². The van der Waals surface area contributed by atoms with Crippen molar-refractivity contribution >= 4 is 11.9 Å². The van der Waals surface area contributed by atoms with Gasteiger partial charge in [0, 0.05) is 13.1 Å². The number of hydrogen-bond acceptors (Lipinski definition) is 6. The molecule has 168 valence electrons. The number of aryl methyl sites for hydroxylation is 3. The molecule has 31 heavy (non-hydrogen) atoms. The predicted molar refractivity (Wildman–Crippen MR) is 118 cm³/mol. The van der Waals surface area contributed by atoms with E-state index in [-0.39, 0.29) is 19.1 Å². The molecule has 0 aliphatic carbocycles. The molecule has 0 saturated carbocycles. The molecule has 0 bridgehead atoms. The highest BCUT2D eigenvalue weighted by atomic mass is 16.6. The standard InChI is InChI=1S/C24H31NO6/c1-7-25(13-19-8-9-20(28-5)21(12-19)29-6)22(26)14-30-23(27)15-31-24-17(3)10-16(2)11-18(24)4/h8-12H,7,13-15H2,1-6H3. The maximum atomic E-state index is 12.5. The molecule has 0 N–H and O–H groups in total. The summed E-state index contributed by atoms with van der Waals surface area (Å²) in [6.45, 7) is 7.98. The number of carbonyl (C=O) groups excluding carboxylic acids is 2. The summed E-state index contributed by atoms with van der Waals surface area (Å²) in [4.78, 5) is 26.2. The Hall–Kier alpha value is -3.22. The molecule has 0 spiro atoms. The summed E-state index contributed by atoms with van der Waals surface area (Å²) in [5.74, 6) is 1.00. The van der Waals surface area contributed by atoms with Crippen molar-refractivity contribution in [3.8, 4) is 17.2 Å². The largest absolute Gasteiger partial charge is 0.493 e. The molecule has 0 aromatic heterocycles. The zero-order chi connectivity index (χ0) is 23.0. The maximum absolute atomic E-state index is 12.5. The molecule has 1 amide bonds. The number of amides is 1. The zero-order valence-electron chi connectivity index (χ0n) is 19.1. The molecule has 0 atom stereocenters. The van der Waals surface area contributed by atoms with E-state index in [1.165, 1.54) is 0 Å². The Morgan fingerprint density at radius 2 is 1.55 bits per heavy atom. The van der Waals surface area contributed by atoms with Crippen LogP contribution in [0.3, 0.4) is 0 Å². The topological polar surface area (TPSA) is 74.3 Å². The van der Waals surface area contributed by atoms with E-state index in [1.54, 1.807) is 25.2 Å². The average Bonchev–Trinajstić information content (AvgIpc) is 2.74. The van der Waals surface area contributed by atoms with Crippen LogP contribution in [0.4, 0.5) is 0 Å². The third kappa shape index (κ3) is 6.64. The molecule has 0 saturated heterocycles. The lowest BCUT2D eigenvalue weighted by Crippen LogP contribution is -2.34. The summed E-state index contributed by atoms with van der Waals surface area (Å²) < 4.78 is 21.3. The summed E-state index contributed by atoms with van der Waals surface area (Å²) >= 11 is 0. The van der Waals surface area contributed by atoms with Crippen molar-refractivity contribution < 1.29 is 28.5 Å². The lowest BCUT2D eigenvalue weighted by atomic mass is 10.1. The van der Waals surface area contributed by atoms with Crippen LogP contribution in [0.15, 0.2) is 30.3 Å². The number of benzene rings is 2. The normalized spacial score (nSPS) is 10.4. The second kappa shape index (κ2) is 11.2. The number of likely N-dealkylation sites (N-methyl/N-ethyl adjacent to an activating group) is 1. The molecule has 2 aromatic carbocycles. The first kappa shape index (κ1) is 24.1. The van der Waals surface area contributed by atoms with Crippen molar-refractivity contribution in [1.82, 2.24) is 4.90 Å². The van der Waals surface area contributed by atoms with E-state index in [4.69, 9.17) is 18.9 Å². The fraction of sp³-hybridized carbons (Fsp3) is 0.417. The van der Waals surface area contributed by atoms with Crippen molar-refractivity contribution in [2.24, 2.45) is 0 Å². The van der Waals surface area contributed by atoms with Gasteiger partial charge in [-0.05, 0) is 56.5 Å². The number of carbonyl (C=O) groups is 2. The fourth-order valence-corrected chi connectivity index (χ4v) is 3.38. The second-order valence-corrected chi connectivity index (χ2v) is 7.27. The summed E-state index contributed by atoms with van der Waals surface area (Å²) in [6, 6.07) is 9.46. The van der Waals surface area contributed by atoms with E-state index in [0.717, 1.165) is 22.3 Å². The van der Waals surface area contributed by atoms with Crippen molar-refractivity contribution in [3.63, 3.8) is 0 Å². The van der Waals surface area contributed by atoms with Gasteiger partial charge in [0.15, 0.2) is 24.7 Å². The zero-order valence-corrected chi connectivity index (χ0v) is 19.1. The van der Waals surface area contributed by atoms with Gasteiger partial charge in [-0.3, -0.25) is 4.79 Å². The molecule has 7 nitrogen and oxygen atoms in total. The highest BCUT2D eigenvalue weighted by Crippen LogP contribution is 2.28. The van der Waals surface area contributed by atoms with E-state index in [1.807, 2.05) is 52.0 Å². The molecule has 0 aliphatic heterocycles. The monoisotopic (exact) mass is 429 g/mol. The lowest BCUT2D eigenvalue weighted by Gasteiger charge is -2.21. The summed E-state index contributed by atoms with van der Waals surface area (Å²) in [5.41, 5.74) is 3.92. The van der Waals surface area contributed by atoms with Crippen molar-refractivity contribution in [2.45, 2.75) is 34.2 Å². The molecule has 0 heterocycles.